The number of carboxylic acids is 1. The first kappa shape index (κ1) is 17.7. The van der Waals surface area contributed by atoms with E-state index < -0.39 is 5.97 Å². The molecule has 3 rings (SSSR count). The highest BCUT2D eigenvalue weighted by atomic mass is 16.4. The molecular weight excluding hydrogens is 308 g/mol. The summed E-state index contributed by atoms with van der Waals surface area (Å²) < 4.78 is 0. The quantitative estimate of drug-likeness (QED) is 0.706. The minimum absolute atomic E-state index is 0.223. The molecule has 0 saturated heterocycles. The van der Waals surface area contributed by atoms with Gasteiger partial charge in [-0.05, 0) is 53.4 Å². The first-order chi connectivity index (χ1) is 12.2. The second kappa shape index (κ2) is 8.33. The fourth-order valence-corrected chi connectivity index (χ4v) is 4.16. The van der Waals surface area contributed by atoms with Gasteiger partial charge in [0.05, 0.1) is 5.97 Å². The van der Waals surface area contributed by atoms with Gasteiger partial charge >= 0.3 is 0 Å². The minimum Gasteiger partial charge on any atom is -0.545 e. The fraction of sp³-hybridized carbons (Fsp3) is 0.435. The lowest BCUT2D eigenvalue weighted by Gasteiger charge is -2.16. The van der Waals surface area contributed by atoms with Crippen LogP contribution in [0.25, 0.3) is 11.1 Å². The fourth-order valence-electron chi connectivity index (χ4n) is 4.16. The average molecular weight is 335 g/mol. The number of benzene rings is 2. The third-order valence-electron chi connectivity index (χ3n) is 5.62. The van der Waals surface area contributed by atoms with E-state index in [0.717, 1.165) is 17.0 Å². The predicted octanol–water partition coefficient (Wildman–Crippen LogP) is 5.18. The number of carbonyl (C=O) groups excluding carboxylic acids is 1. The first-order valence-electron chi connectivity index (χ1n) is 9.59. The molecule has 0 heterocycles. The van der Waals surface area contributed by atoms with Crippen molar-refractivity contribution >= 4 is 5.97 Å². The number of aromatic carboxylic acids is 1. The largest absolute Gasteiger partial charge is 0.545 e. The van der Waals surface area contributed by atoms with E-state index >= 15 is 0 Å². The molecule has 25 heavy (non-hydrogen) atoms. The molecule has 0 unspecified atom stereocenters. The molecule has 0 radical (unpaired) electrons. The molecule has 0 bridgehead atoms. The predicted molar refractivity (Wildman–Crippen MR) is 100 cm³/mol. The van der Waals surface area contributed by atoms with Gasteiger partial charge in [0.1, 0.15) is 0 Å². The normalized spacial score (nSPS) is 20.8. The maximum Gasteiger partial charge on any atom is 0.0715 e. The van der Waals surface area contributed by atoms with Crippen LogP contribution in [0.15, 0.2) is 48.5 Å². The van der Waals surface area contributed by atoms with Crippen LogP contribution in [0.1, 0.15) is 73.7 Å². The van der Waals surface area contributed by atoms with Crippen LogP contribution < -0.4 is 5.11 Å². The molecule has 1 aliphatic rings. The SMILES string of the molecule is CCC[C@@H]1CCC[C@@H](c2ccc(-c3ccc(C(=O)[O-])cc3)cc2)CC1. The smallest absolute Gasteiger partial charge is 0.0715 e. The molecule has 1 fully saturated rings. The molecule has 132 valence electrons. The lowest BCUT2D eigenvalue weighted by molar-refractivity contribution is -0.255. The Kier molecular flexibility index (Phi) is 5.91. The molecule has 0 amide bonds. The van der Waals surface area contributed by atoms with E-state index in [4.69, 9.17) is 0 Å². The van der Waals surface area contributed by atoms with Crippen molar-refractivity contribution in [2.24, 2.45) is 5.92 Å². The maximum atomic E-state index is 10.8. The van der Waals surface area contributed by atoms with Crippen LogP contribution in [0, 0.1) is 5.92 Å². The van der Waals surface area contributed by atoms with Crippen LogP contribution in [-0.2, 0) is 0 Å². The van der Waals surface area contributed by atoms with Gasteiger partial charge in [-0.15, -0.1) is 0 Å². The van der Waals surface area contributed by atoms with Gasteiger partial charge < -0.3 is 9.90 Å². The Morgan fingerprint density at radius 1 is 0.920 bits per heavy atom. The minimum atomic E-state index is -1.13. The van der Waals surface area contributed by atoms with Gasteiger partial charge in [-0.25, -0.2) is 0 Å². The zero-order chi connectivity index (χ0) is 17.6. The summed E-state index contributed by atoms with van der Waals surface area (Å²) in [6.45, 7) is 2.29. The van der Waals surface area contributed by atoms with Crippen LogP contribution in [0.2, 0.25) is 0 Å². The van der Waals surface area contributed by atoms with Gasteiger partial charge in [-0.3, -0.25) is 0 Å². The van der Waals surface area contributed by atoms with Gasteiger partial charge in [-0.1, -0.05) is 81.1 Å². The average Bonchev–Trinajstić information content (AvgIpc) is 2.88. The Bertz CT molecular complexity index is 685. The highest BCUT2D eigenvalue weighted by Crippen LogP contribution is 2.36. The van der Waals surface area contributed by atoms with Gasteiger partial charge in [0, 0.05) is 0 Å². The summed E-state index contributed by atoms with van der Waals surface area (Å²) in [6.07, 6.45) is 9.42. The van der Waals surface area contributed by atoms with Crippen molar-refractivity contribution in [2.45, 2.75) is 57.8 Å². The van der Waals surface area contributed by atoms with Gasteiger partial charge in [-0.2, -0.15) is 0 Å². The molecule has 0 N–H and O–H groups in total. The molecule has 2 heteroatoms. The molecule has 2 aromatic rings. The van der Waals surface area contributed by atoms with E-state index in [1.165, 1.54) is 50.5 Å². The summed E-state index contributed by atoms with van der Waals surface area (Å²) in [5, 5.41) is 10.8. The lowest BCUT2D eigenvalue weighted by atomic mass is 9.89. The van der Waals surface area contributed by atoms with Crippen LogP contribution in [0.3, 0.4) is 0 Å². The third-order valence-corrected chi connectivity index (χ3v) is 5.62. The van der Waals surface area contributed by atoms with E-state index in [9.17, 15) is 9.90 Å². The van der Waals surface area contributed by atoms with Crippen molar-refractivity contribution < 1.29 is 9.90 Å². The van der Waals surface area contributed by atoms with E-state index in [2.05, 4.69) is 31.2 Å². The lowest BCUT2D eigenvalue weighted by Crippen LogP contribution is -2.21. The zero-order valence-electron chi connectivity index (χ0n) is 15.0. The summed E-state index contributed by atoms with van der Waals surface area (Å²) in [5.74, 6) is 0.490. The zero-order valence-corrected chi connectivity index (χ0v) is 15.0. The summed E-state index contributed by atoms with van der Waals surface area (Å²) in [7, 11) is 0. The first-order valence-corrected chi connectivity index (χ1v) is 9.59. The van der Waals surface area contributed by atoms with Crippen molar-refractivity contribution in [1.82, 2.24) is 0 Å². The van der Waals surface area contributed by atoms with Crippen LogP contribution >= 0.6 is 0 Å². The standard InChI is InChI=1S/C23H28O2/c1-2-4-17-5-3-6-18(8-7-17)19-9-11-20(12-10-19)21-13-15-22(16-14-21)23(24)25/h9-18H,2-8H2,1H3,(H,24,25)/p-1/t17-,18-/m1/s1. The summed E-state index contributed by atoms with van der Waals surface area (Å²) in [6, 6.07) is 15.8. The topological polar surface area (TPSA) is 40.1 Å². The number of hydrogen-bond acceptors (Lipinski definition) is 2. The Hall–Kier alpha value is -2.09. The number of carboxylic acid groups (broad SMARTS) is 1. The molecule has 2 atom stereocenters. The van der Waals surface area contributed by atoms with E-state index in [1.54, 1.807) is 12.1 Å². The molecule has 2 aromatic carbocycles. The number of rotatable bonds is 5. The van der Waals surface area contributed by atoms with E-state index in [1.807, 2.05) is 12.1 Å². The molecule has 2 nitrogen and oxygen atoms in total. The molecule has 0 spiro atoms. The van der Waals surface area contributed by atoms with Crippen molar-refractivity contribution in [3.63, 3.8) is 0 Å². The van der Waals surface area contributed by atoms with Crippen LogP contribution in [0.4, 0.5) is 0 Å². The maximum absolute atomic E-state index is 10.8. The second-order valence-corrected chi connectivity index (χ2v) is 7.35. The highest BCUT2D eigenvalue weighted by molar-refractivity contribution is 5.86. The molecule has 1 saturated carbocycles. The van der Waals surface area contributed by atoms with Crippen LogP contribution in [0.5, 0.6) is 0 Å². The van der Waals surface area contributed by atoms with E-state index in [0.29, 0.717) is 5.92 Å². The molecule has 1 aliphatic carbocycles. The monoisotopic (exact) mass is 335 g/mol. The third kappa shape index (κ3) is 4.50. The van der Waals surface area contributed by atoms with Crippen LogP contribution in [-0.4, -0.2) is 5.97 Å². The van der Waals surface area contributed by atoms with Crippen molar-refractivity contribution in [3.8, 4) is 11.1 Å². The Morgan fingerprint density at radius 2 is 1.56 bits per heavy atom. The summed E-state index contributed by atoms with van der Waals surface area (Å²) in [5.41, 5.74) is 3.85. The number of hydrogen-bond donors (Lipinski definition) is 0. The second-order valence-electron chi connectivity index (χ2n) is 7.35. The summed E-state index contributed by atoms with van der Waals surface area (Å²) in [4.78, 5) is 10.8. The van der Waals surface area contributed by atoms with Crippen molar-refractivity contribution in [3.05, 3.63) is 59.7 Å². The van der Waals surface area contributed by atoms with E-state index in [-0.39, 0.29) is 5.56 Å². The molecular formula is C23H27O2-. The van der Waals surface area contributed by atoms with Gasteiger partial charge in [0.15, 0.2) is 0 Å². The molecule has 0 aromatic heterocycles. The number of carbonyl (C=O) groups is 1. The Balaban J connectivity index is 1.68. The van der Waals surface area contributed by atoms with Gasteiger partial charge in [0.25, 0.3) is 0 Å². The van der Waals surface area contributed by atoms with Gasteiger partial charge in [0.2, 0.25) is 0 Å². The Labute approximate surface area is 150 Å². The summed E-state index contributed by atoms with van der Waals surface area (Å²) >= 11 is 0. The van der Waals surface area contributed by atoms with Crippen molar-refractivity contribution in [1.29, 1.82) is 0 Å². The highest BCUT2D eigenvalue weighted by Gasteiger charge is 2.19. The molecule has 0 aliphatic heterocycles. The Morgan fingerprint density at radius 3 is 2.16 bits per heavy atom. The van der Waals surface area contributed by atoms with Crippen molar-refractivity contribution in [2.75, 3.05) is 0 Å².